The highest BCUT2D eigenvalue weighted by Crippen LogP contribution is 1.96. The second-order valence-corrected chi connectivity index (χ2v) is 2.44. The van der Waals surface area contributed by atoms with E-state index < -0.39 is 0 Å². The first-order valence-electron chi connectivity index (χ1n) is 3.50. The highest BCUT2D eigenvalue weighted by molar-refractivity contribution is 5.08. The number of nitrogens with zero attached hydrogens (tertiary/aromatic N) is 1. The average molecular weight is 137 g/mol. The van der Waals surface area contributed by atoms with Crippen LogP contribution in [-0.4, -0.2) is 0 Å². The summed E-state index contributed by atoms with van der Waals surface area (Å²) in [5, 5.41) is 0. The lowest BCUT2D eigenvalue weighted by Gasteiger charge is -1.94. The number of aryl methyl sites for hydroxylation is 2. The summed E-state index contributed by atoms with van der Waals surface area (Å²) in [7, 11) is 0. The van der Waals surface area contributed by atoms with Gasteiger partial charge in [0.15, 0.2) is 0 Å². The van der Waals surface area contributed by atoms with Crippen LogP contribution in [0.2, 0.25) is 0 Å². The van der Waals surface area contributed by atoms with E-state index in [1.807, 2.05) is 19.2 Å². The van der Waals surface area contributed by atoms with Gasteiger partial charge in [-0.1, -0.05) is 11.6 Å². The minimum absolute atomic E-state index is 1.04. The minimum Gasteiger partial charge on any atom is -0.205 e. The first-order valence-corrected chi connectivity index (χ1v) is 3.50. The van der Waals surface area contributed by atoms with Gasteiger partial charge >= 0.3 is 0 Å². The highest BCUT2D eigenvalue weighted by Gasteiger charge is 2.00. The van der Waals surface area contributed by atoms with Gasteiger partial charge < -0.3 is 0 Å². The number of hydrogen-bond donors (Lipinski definition) is 1. The number of pyridine rings is 1. The van der Waals surface area contributed by atoms with Gasteiger partial charge in [0.25, 0.3) is 0 Å². The van der Waals surface area contributed by atoms with E-state index in [-0.39, 0.29) is 0 Å². The van der Waals surface area contributed by atoms with E-state index in [2.05, 4.69) is 13.0 Å². The normalized spacial score (nSPS) is 9.80. The molecule has 0 aliphatic rings. The molecule has 1 aromatic rings. The molecule has 2 N–H and O–H groups in total. The molecule has 0 amide bonds. The molecule has 0 aliphatic heterocycles. The molecule has 0 atom stereocenters. The number of rotatable bonds is 1. The fourth-order valence-corrected chi connectivity index (χ4v) is 0.846. The second-order valence-electron chi connectivity index (χ2n) is 2.44. The van der Waals surface area contributed by atoms with Crippen molar-refractivity contribution in [1.82, 2.24) is 0 Å². The molecule has 10 heavy (non-hydrogen) atoms. The standard InChI is InChI=1S/C8H13N2/c1-3-8-5-4-7(2)10(9)6-8/h4-6H,3,9H2,1-2H3/q+1. The third-order valence-electron chi connectivity index (χ3n) is 1.66. The predicted molar refractivity (Wildman–Crippen MR) is 40.9 cm³/mol. The first kappa shape index (κ1) is 7.06. The molecule has 2 nitrogen and oxygen atoms in total. The lowest BCUT2D eigenvalue weighted by molar-refractivity contribution is -0.645. The van der Waals surface area contributed by atoms with Crippen molar-refractivity contribution in [3.63, 3.8) is 0 Å². The van der Waals surface area contributed by atoms with E-state index in [1.54, 1.807) is 4.68 Å². The van der Waals surface area contributed by atoms with Gasteiger partial charge in [0.1, 0.15) is 0 Å². The van der Waals surface area contributed by atoms with Gasteiger partial charge in [-0.15, -0.1) is 0 Å². The zero-order valence-corrected chi connectivity index (χ0v) is 6.46. The van der Waals surface area contributed by atoms with Gasteiger partial charge in [-0.25, -0.2) is 5.84 Å². The maximum atomic E-state index is 5.61. The summed E-state index contributed by atoms with van der Waals surface area (Å²) in [6, 6.07) is 4.12. The Labute approximate surface area is 61.3 Å². The largest absolute Gasteiger partial charge is 0.208 e. The average Bonchev–Trinajstić information content (AvgIpc) is 1.95. The summed E-state index contributed by atoms with van der Waals surface area (Å²) in [5.74, 6) is 5.61. The summed E-state index contributed by atoms with van der Waals surface area (Å²) in [6.07, 6.45) is 2.99. The van der Waals surface area contributed by atoms with Crippen molar-refractivity contribution in [3.8, 4) is 0 Å². The van der Waals surface area contributed by atoms with Crippen LogP contribution in [0.3, 0.4) is 0 Å². The van der Waals surface area contributed by atoms with Crippen LogP contribution in [0, 0.1) is 6.92 Å². The lowest BCUT2D eigenvalue weighted by atomic mass is 10.2. The zero-order chi connectivity index (χ0) is 7.56. The van der Waals surface area contributed by atoms with Gasteiger partial charge in [0.2, 0.25) is 11.9 Å². The van der Waals surface area contributed by atoms with Crippen LogP contribution in [0.5, 0.6) is 0 Å². The zero-order valence-electron chi connectivity index (χ0n) is 6.46. The third-order valence-corrected chi connectivity index (χ3v) is 1.66. The monoisotopic (exact) mass is 137 g/mol. The summed E-state index contributed by atoms with van der Waals surface area (Å²) >= 11 is 0. The Morgan fingerprint density at radius 1 is 1.50 bits per heavy atom. The van der Waals surface area contributed by atoms with Gasteiger partial charge in [-0.05, 0) is 12.5 Å². The van der Waals surface area contributed by atoms with Crippen LogP contribution in [0.4, 0.5) is 0 Å². The number of hydrogen-bond acceptors (Lipinski definition) is 1. The third kappa shape index (κ3) is 1.26. The van der Waals surface area contributed by atoms with E-state index in [0.29, 0.717) is 0 Å². The Hall–Kier alpha value is -1.05. The maximum Gasteiger partial charge on any atom is 0.208 e. The Balaban J connectivity index is 3.04. The van der Waals surface area contributed by atoms with E-state index in [4.69, 9.17) is 5.84 Å². The van der Waals surface area contributed by atoms with Crippen molar-refractivity contribution in [3.05, 3.63) is 29.6 Å². The number of nitrogen functional groups attached to an aromatic ring is 1. The first-order chi connectivity index (χ1) is 4.74. The Morgan fingerprint density at radius 3 is 2.70 bits per heavy atom. The molecule has 0 fully saturated rings. The highest BCUT2D eigenvalue weighted by atomic mass is 15.3. The molecule has 0 saturated heterocycles. The Bertz CT molecular complexity index is 231. The smallest absolute Gasteiger partial charge is 0.205 e. The Kier molecular flexibility index (Phi) is 1.90. The lowest BCUT2D eigenvalue weighted by Crippen LogP contribution is -2.47. The van der Waals surface area contributed by atoms with Gasteiger partial charge in [-0.3, -0.25) is 0 Å². The molecule has 1 heterocycles. The molecular weight excluding hydrogens is 124 g/mol. The van der Waals surface area contributed by atoms with Crippen molar-refractivity contribution in [1.29, 1.82) is 0 Å². The van der Waals surface area contributed by atoms with E-state index >= 15 is 0 Å². The van der Waals surface area contributed by atoms with Crippen molar-refractivity contribution in [2.75, 3.05) is 5.84 Å². The number of aromatic nitrogens is 1. The molecule has 0 saturated carbocycles. The molecule has 1 aromatic heterocycles. The van der Waals surface area contributed by atoms with Gasteiger partial charge in [0, 0.05) is 18.6 Å². The molecule has 0 spiro atoms. The predicted octanol–water partition coefficient (Wildman–Crippen LogP) is 0.559. The van der Waals surface area contributed by atoms with Crippen molar-refractivity contribution in [2.45, 2.75) is 20.3 Å². The van der Waals surface area contributed by atoms with Crippen LogP contribution in [-0.2, 0) is 6.42 Å². The fourth-order valence-electron chi connectivity index (χ4n) is 0.846. The van der Waals surface area contributed by atoms with E-state index in [0.717, 1.165) is 12.1 Å². The molecule has 2 heteroatoms. The van der Waals surface area contributed by atoms with Gasteiger partial charge in [-0.2, -0.15) is 0 Å². The van der Waals surface area contributed by atoms with Crippen LogP contribution in [0.15, 0.2) is 18.3 Å². The van der Waals surface area contributed by atoms with E-state index in [9.17, 15) is 0 Å². The topological polar surface area (TPSA) is 29.9 Å². The van der Waals surface area contributed by atoms with Crippen LogP contribution in [0.25, 0.3) is 0 Å². The SMILES string of the molecule is CCc1ccc(C)[n+](N)c1. The summed E-state index contributed by atoms with van der Waals surface area (Å²) in [6.45, 7) is 4.10. The van der Waals surface area contributed by atoms with Crippen molar-refractivity contribution in [2.24, 2.45) is 0 Å². The molecule has 0 bridgehead atoms. The fraction of sp³-hybridized carbons (Fsp3) is 0.375. The van der Waals surface area contributed by atoms with E-state index in [1.165, 1.54) is 5.56 Å². The Morgan fingerprint density at radius 2 is 2.20 bits per heavy atom. The molecule has 0 aliphatic carbocycles. The molecule has 1 rings (SSSR count). The van der Waals surface area contributed by atoms with Crippen LogP contribution < -0.4 is 10.5 Å². The maximum absolute atomic E-state index is 5.61. The summed E-state index contributed by atoms with van der Waals surface area (Å²) in [4.78, 5) is 0. The quantitative estimate of drug-likeness (QED) is 0.445. The summed E-state index contributed by atoms with van der Waals surface area (Å²) in [5.41, 5.74) is 2.35. The molecule has 0 aromatic carbocycles. The van der Waals surface area contributed by atoms with Crippen LogP contribution in [0.1, 0.15) is 18.2 Å². The molecule has 54 valence electrons. The van der Waals surface area contributed by atoms with Crippen molar-refractivity contribution < 1.29 is 4.68 Å². The summed E-state index contributed by atoms with van der Waals surface area (Å²) < 4.78 is 1.65. The van der Waals surface area contributed by atoms with Crippen molar-refractivity contribution >= 4 is 0 Å². The number of nitrogens with two attached hydrogens (primary N) is 1. The molecule has 0 radical (unpaired) electrons. The minimum atomic E-state index is 1.04. The molecule has 0 unspecified atom stereocenters. The second kappa shape index (κ2) is 2.69. The van der Waals surface area contributed by atoms with Gasteiger partial charge in [0.05, 0.1) is 0 Å². The molecular formula is C8H13N2+. The van der Waals surface area contributed by atoms with Crippen LogP contribution >= 0.6 is 0 Å².